The van der Waals surface area contributed by atoms with Gasteiger partial charge < -0.3 is 11.1 Å². The largest absolute Gasteiger partial charge is 0.399 e. The summed E-state index contributed by atoms with van der Waals surface area (Å²) in [5.74, 6) is 0. The number of nitrogen functional groups attached to an aromatic ring is 1. The van der Waals surface area contributed by atoms with E-state index in [1.807, 2.05) is 4.72 Å². The van der Waals surface area contributed by atoms with Gasteiger partial charge in [-0.3, -0.25) is 0 Å². The molecule has 17 heavy (non-hydrogen) atoms. The SMILES string of the molecule is CCNC(=O)NS(=O)(=O)c1cc(N)ccc1Br. The molecule has 2 amide bonds. The first-order chi connectivity index (χ1) is 7.86. The van der Waals surface area contributed by atoms with Crippen LogP contribution in [0.2, 0.25) is 0 Å². The monoisotopic (exact) mass is 321 g/mol. The van der Waals surface area contributed by atoms with E-state index in [9.17, 15) is 13.2 Å². The minimum Gasteiger partial charge on any atom is -0.399 e. The van der Waals surface area contributed by atoms with Gasteiger partial charge >= 0.3 is 6.03 Å². The average Bonchev–Trinajstić information content (AvgIpc) is 2.21. The standard InChI is InChI=1S/C9H12BrN3O3S/c1-2-12-9(14)13-17(15,16)8-5-6(11)3-4-7(8)10/h3-5H,2,11H2,1H3,(H2,12,13,14). The molecule has 1 aromatic carbocycles. The first-order valence-corrected chi connectivity index (χ1v) is 7.00. The van der Waals surface area contributed by atoms with Crippen LogP contribution in [0.15, 0.2) is 27.6 Å². The number of benzene rings is 1. The summed E-state index contributed by atoms with van der Waals surface area (Å²) in [5.41, 5.74) is 5.80. The van der Waals surface area contributed by atoms with Crippen LogP contribution in [0.3, 0.4) is 0 Å². The topological polar surface area (TPSA) is 101 Å². The molecule has 0 aromatic heterocycles. The first-order valence-electron chi connectivity index (χ1n) is 4.72. The highest BCUT2D eigenvalue weighted by atomic mass is 79.9. The van der Waals surface area contributed by atoms with Crippen molar-refractivity contribution in [3.63, 3.8) is 0 Å². The van der Waals surface area contributed by atoms with Gasteiger partial charge in [0.25, 0.3) is 10.0 Å². The van der Waals surface area contributed by atoms with Crippen LogP contribution in [0.1, 0.15) is 6.92 Å². The lowest BCUT2D eigenvalue weighted by Gasteiger charge is -2.09. The zero-order chi connectivity index (χ0) is 13.1. The second-order valence-corrected chi connectivity index (χ2v) is 5.66. The van der Waals surface area contributed by atoms with E-state index in [2.05, 4.69) is 21.2 Å². The average molecular weight is 322 g/mol. The third-order valence-corrected chi connectivity index (χ3v) is 4.13. The number of rotatable bonds is 3. The Morgan fingerprint density at radius 3 is 2.71 bits per heavy atom. The summed E-state index contributed by atoms with van der Waals surface area (Å²) < 4.78 is 25.9. The summed E-state index contributed by atoms with van der Waals surface area (Å²) in [4.78, 5) is 11.1. The quantitative estimate of drug-likeness (QED) is 0.724. The molecule has 1 rings (SSSR count). The molecule has 4 N–H and O–H groups in total. The molecule has 0 saturated carbocycles. The number of amides is 2. The zero-order valence-corrected chi connectivity index (χ0v) is 11.4. The van der Waals surface area contributed by atoms with Crippen molar-refractivity contribution >= 4 is 37.7 Å². The van der Waals surface area contributed by atoms with Gasteiger partial charge in [-0.1, -0.05) is 0 Å². The van der Waals surface area contributed by atoms with Crippen molar-refractivity contribution in [2.45, 2.75) is 11.8 Å². The zero-order valence-electron chi connectivity index (χ0n) is 9.03. The Hall–Kier alpha value is -1.28. The molecule has 0 saturated heterocycles. The van der Waals surface area contributed by atoms with Crippen LogP contribution < -0.4 is 15.8 Å². The summed E-state index contributed by atoms with van der Waals surface area (Å²) in [6, 6.07) is 3.55. The number of anilines is 1. The number of halogens is 1. The van der Waals surface area contributed by atoms with Crippen LogP contribution in [-0.4, -0.2) is 21.0 Å². The van der Waals surface area contributed by atoms with Gasteiger partial charge in [-0.25, -0.2) is 17.9 Å². The van der Waals surface area contributed by atoms with Gasteiger partial charge in [0.1, 0.15) is 4.90 Å². The number of urea groups is 1. The number of nitrogens with one attached hydrogen (secondary N) is 2. The summed E-state index contributed by atoms with van der Waals surface area (Å²) in [6.45, 7) is 2.02. The maximum atomic E-state index is 11.8. The van der Waals surface area contributed by atoms with Crippen LogP contribution in [0, 0.1) is 0 Å². The Morgan fingerprint density at radius 1 is 1.47 bits per heavy atom. The van der Waals surface area contributed by atoms with Crippen LogP contribution in [0.4, 0.5) is 10.5 Å². The molecule has 1 aromatic rings. The van der Waals surface area contributed by atoms with Crippen LogP contribution >= 0.6 is 15.9 Å². The van der Waals surface area contributed by atoms with E-state index in [0.29, 0.717) is 16.7 Å². The summed E-state index contributed by atoms with van der Waals surface area (Å²) in [7, 11) is -3.92. The predicted octanol–water partition coefficient (Wildman–Crippen LogP) is 1.04. The molecule has 0 aliphatic heterocycles. The van der Waals surface area contributed by atoms with Gasteiger partial charge in [0, 0.05) is 16.7 Å². The van der Waals surface area contributed by atoms with E-state index in [-0.39, 0.29) is 4.90 Å². The Kier molecular flexibility index (Phi) is 4.35. The Balaban J connectivity index is 3.05. The lowest BCUT2D eigenvalue weighted by molar-refractivity contribution is 0.246. The van der Waals surface area contributed by atoms with Crippen molar-refractivity contribution in [1.82, 2.24) is 10.0 Å². The lowest BCUT2D eigenvalue weighted by Crippen LogP contribution is -2.39. The highest BCUT2D eigenvalue weighted by Gasteiger charge is 2.20. The van der Waals surface area contributed by atoms with Crippen molar-refractivity contribution in [1.29, 1.82) is 0 Å². The smallest absolute Gasteiger partial charge is 0.328 e. The number of sulfonamides is 1. The Labute approximate surface area is 108 Å². The second-order valence-electron chi connectivity index (χ2n) is 3.15. The number of carbonyl (C=O) groups excluding carboxylic acids is 1. The Bertz CT molecular complexity index is 530. The number of hydrogen-bond acceptors (Lipinski definition) is 4. The number of hydrogen-bond donors (Lipinski definition) is 3. The maximum absolute atomic E-state index is 11.8. The van der Waals surface area contributed by atoms with Crippen LogP contribution in [0.25, 0.3) is 0 Å². The maximum Gasteiger partial charge on any atom is 0.328 e. The molecule has 0 bridgehead atoms. The van der Waals surface area contributed by atoms with E-state index in [1.165, 1.54) is 12.1 Å². The molecule has 6 nitrogen and oxygen atoms in total. The highest BCUT2D eigenvalue weighted by Crippen LogP contribution is 2.23. The molecule has 8 heteroatoms. The van der Waals surface area contributed by atoms with E-state index in [4.69, 9.17) is 5.73 Å². The van der Waals surface area contributed by atoms with Crippen LogP contribution in [0.5, 0.6) is 0 Å². The van der Waals surface area contributed by atoms with Crippen LogP contribution in [-0.2, 0) is 10.0 Å². The number of nitrogens with two attached hydrogens (primary N) is 1. The molecule has 0 heterocycles. The van der Waals surface area contributed by atoms with Crippen molar-refractivity contribution < 1.29 is 13.2 Å². The minimum absolute atomic E-state index is 0.0799. The normalized spacial score (nSPS) is 10.9. The van der Waals surface area contributed by atoms with Crippen molar-refractivity contribution in [3.05, 3.63) is 22.7 Å². The molecule has 0 radical (unpaired) electrons. The third kappa shape index (κ3) is 3.60. The minimum atomic E-state index is -3.92. The Morgan fingerprint density at radius 2 is 2.12 bits per heavy atom. The van der Waals surface area contributed by atoms with Gasteiger partial charge in [0.15, 0.2) is 0 Å². The predicted molar refractivity (Wildman–Crippen MR) is 67.9 cm³/mol. The fraction of sp³-hybridized carbons (Fsp3) is 0.222. The summed E-state index contributed by atoms with van der Waals surface area (Å²) in [6.07, 6.45) is 0. The molecule has 0 atom stereocenters. The molecule has 0 spiro atoms. The lowest BCUT2D eigenvalue weighted by atomic mass is 10.3. The second kappa shape index (κ2) is 5.37. The van der Waals surface area contributed by atoms with Gasteiger partial charge in [-0.2, -0.15) is 0 Å². The van der Waals surface area contributed by atoms with Crippen molar-refractivity contribution in [2.75, 3.05) is 12.3 Å². The van der Waals surface area contributed by atoms with E-state index >= 15 is 0 Å². The molecule has 0 unspecified atom stereocenters. The molecular weight excluding hydrogens is 310 g/mol. The molecule has 0 aliphatic rings. The summed E-state index contributed by atoms with van der Waals surface area (Å²) in [5, 5.41) is 2.33. The first kappa shape index (κ1) is 13.8. The third-order valence-electron chi connectivity index (χ3n) is 1.81. The molecular formula is C9H12BrN3O3S. The van der Waals surface area contributed by atoms with Gasteiger partial charge in [-0.05, 0) is 41.1 Å². The highest BCUT2D eigenvalue weighted by molar-refractivity contribution is 9.10. The van der Waals surface area contributed by atoms with E-state index < -0.39 is 16.1 Å². The van der Waals surface area contributed by atoms with E-state index in [1.54, 1.807) is 13.0 Å². The van der Waals surface area contributed by atoms with Gasteiger partial charge in [0.05, 0.1) is 0 Å². The molecule has 94 valence electrons. The molecule has 0 fully saturated rings. The fourth-order valence-electron chi connectivity index (χ4n) is 1.10. The van der Waals surface area contributed by atoms with E-state index in [0.717, 1.165) is 0 Å². The number of carbonyl (C=O) groups is 1. The van der Waals surface area contributed by atoms with Crippen molar-refractivity contribution in [2.24, 2.45) is 0 Å². The van der Waals surface area contributed by atoms with Gasteiger partial charge in [0.2, 0.25) is 0 Å². The van der Waals surface area contributed by atoms with Crippen molar-refractivity contribution in [3.8, 4) is 0 Å². The fourth-order valence-corrected chi connectivity index (χ4v) is 3.03. The van der Waals surface area contributed by atoms with Gasteiger partial charge in [-0.15, -0.1) is 0 Å². The summed E-state index contributed by atoms with van der Waals surface area (Å²) >= 11 is 3.09. The molecule has 0 aliphatic carbocycles.